The number of hydrogen-bond acceptors (Lipinski definition) is 5. The van der Waals surface area contributed by atoms with Gasteiger partial charge in [0.25, 0.3) is 11.5 Å². The lowest BCUT2D eigenvalue weighted by Crippen LogP contribution is -2.50. The fraction of sp³-hybridized carbons (Fsp3) is 0.364. The van der Waals surface area contributed by atoms with Gasteiger partial charge in [-0.1, -0.05) is 34.4 Å². The van der Waals surface area contributed by atoms with Crippen LogP contribution in [0.5, 0.6) is 0 Å². The van der Waals surface area contributed by atoms with E-state index in [0.717, 1.165) is 17.7 Å². The number of alkyl halides is 3. The fourth-order valence-electron chi connectivity index (χ4n) is 4.33. The molecule has 1 unspecified atom stereocenters. The van der Waals surface area contributed by atoms with Crippen LogP contribution in [0.1, 0.15) is 33.5 Å². The third-order valence-electron chi connectivity index (χ3n) is 6.16. The molecule has 3 N–H and O–H groups in total. The summed E-state index contributed by atoms with van der Waals surface area (Å²) in [4.78, 5) is 18.5. The van der Waals surface area contributed by atoms with Crippen molar-refractivity contribution in [1.29, 1.82) is 0 Å². The molecule has 1 saturated heterocycles. The summed E-state index contributed by atoms with van der Waals surface area (Å²) in [5.41, 5.74) is -1.70. The van der Waals surface area contributed by atoms with Crippen LogP contribution in [0.4, 0.5) is 17.6 Å². The van der Waals surface area contributed by atoms with E-state index in [1.54, 1.807) is 12.1 Å². The van der Waals surface area contributed by atoms with Gasteiger partial charge in [-0.25, -0.2) is 4.39 Å². The average Bonchev–Trinajstić information content (AvgIpc) is 3.43. The quantitative estimate of drug-likeness (QED) is 0.425. The molecule has 36 heavy (non-hydrogen) atoms. The number of nitrogens with zero attached hydrogens (tertiary/aromatic N) is 1. The first-order valence-electron chi connectivity index (χ1n) is 10.4. The Bertz CT molecular complexity index is 1280. The maximum atomic E-state index is 14.3. The molecule has 0 saturated carbocycles. The first-order chi connectivity index (χ1) is 16.5. The molecule has 0 aromatic heterocycles. The van der Waals surface area contributed by atoms with E-state index < -0.39 is 50.4 Å². The lowest BCUT2D eigenvalue weighted by Gasteiger charge is -2.30. The van der Waals surface area contributed by atoms with E-state index in [-0.39, 0.29) is 23.1 Å². The highest BCUT2D eigenvalue weighted by Gasteiger charge is 2.62. The summed E-state index contributed by atoms with van der Waals surface area (Å²) in [5, 5.41) is 5.52. The lowest BCUT2D eigenvalue weighted by atomic mass is 9.85. The molecule has 2 aromatic carbocycles. The van der Waals surface area contributed by atoms with Crippen molar-refractivity contribution in [2.75, 3.05) is 17.3 Å². The van der Waals surface area contributed by atoms with Gasteiger partial charge in [0, 0.05) is 50.5 Å². The predicted molar refractivity (Wildman–Crippen MR) is 130 cm³/mol. The second-order valence-electron chi connectivity index (χ2n) is 8.40. The van der Waals surface area contributed by atoms with Gasteiger partial charge in [-0.3, -0.25) is 9.00 Å². The van der Waals surface area contributed by atoms with Crippen LogP contribution in [-0.2, 0) is 27.7 Å². The average molecular weight is 585 g/mol. The highest BCUT2D eigenvalue weighted by molar-refractivity contribution is 7.99. The second-order valence-corrected chi connectivity index (χ2v) is 11.9. The molecule has 1 fully saturated rings. The Morgan fingerprint density at radius 1 is 1.22 bits per heavy atom. The summed E-state index contributed by atoms with van der Waals surface area (Å²) in [5.74, 6) is 0.134. The zero-order valence-electron chi connectivity index (χ0n) is 18.2. The van der Waals surface area contributed by atoms with Crippen LogP contribution < -0.4 is 5.32 Å². The summed E-state index contributed by atoms with van der Waals surface area (Å²) in [6.07, 6.45) is -5.05. The number of carbonyl (C=O) groups excluding carboxylic acids is 1. The fourth-order valence-corrected chi connectivity index (χ4v) is 6.99. The Labute approximate surface area is 219 Å². The molecule has 2 aromatic rings. The summed E-state index contributed by atoms with van der Waals surface area (Å²) in [7, 11) is -0.913. The van der Waals surface area contributed by atoms with E-state index >= 15 is 0 Å². The molecule has 6 nitrogen and oxygen atoms in total. The second kappa shape index (κ2) is 9.79. The molecular weight excluding hydrogens is 567 g/mol. The number of amides is 1. The molecule has 3 aliphatic rings. The highest BCUT2D eigenvalue weighted by atomic mass is 35.5. The summed E-state index contributed by atoms with van der Waals surface area (Å²) >= 11 is 13.0. The molecule has 0 aliphatic carbocycles. The number of hydrogen-bond donors (Lipinski definition) is 1. The van der Waals surface area contributed by atoms with Gasteiger partial charge in [-0.15, -0.1) is 11.8 Å². The Morgan fingerprint density at radius 2 is 1.89 bits per heavy atom. The van der Waals surface area contributed by atoms with Gasteiger partial charge in [0.2, 0.25) is 0 Å². The van der Waals surface area contributed by atoms with Crippen LogP contribution in [0, 0.1) is 5.82 Å². The van der Waals surface area contributed by atoms with Crippen molar-refractivity contribution >= 4 is 57.4 Å². The minimum absolute atomic E-state index is 0. The van der Waals surface area contributed by atoms with Crippen LogP contribution in [0.15, 0.2) is 34.3 Å². The number of benzene rings is 2. The van der Waals surface area contributed by atoms with Crippen molar-refractivity contribution in [3.63, 3.8) is 0 Å². The van der Waals surface area contributed by atoms with E-state index in [0.29, 0.717) is 39.7 Å². The molecule has 1 atom stereocenters. The Kier molecular flexibility index (Phi) is 7.39. The van der Waals surface area contributed by atoms with Crippen molar-refractivity contribution in [2.45, 2.75) is 35.6 Å². The molecule has 0 bridgehead atoms. The van der Waals surface area contributed by atoms with Crippen LogP contribution >= 0.6 is 35.0 Å². The number of fused-ring (bicyclic) bond motifs is 1. The zero-order valence-corrected chi connectivity index (χ0v) is 21.3. The maximum Gasteiger partial charge on any atom is 0.435 e. The molecule has 1 amide bonds. The van der Waals surface area contributed by atoms with Crippen molar-refractivity contribution in [2.24, 2.45) is 5.16 Å². The Hall–Kier alpha value is -1.86. The van der Waals surface area contributed by atoms with Gasteiger partial charge in [-0.2, -0.15) is 13.2 Å². The van der Waals surface area contributed by atoms with E-state index in [1.165, 1.54) is 11.8 Å². The standard InChI is InChI=1S/C22H16Cl2F4N2O3S2.H2O/c23-15-5-10(6-16(24)18(15)25)21(22(26,27)28)7-17(30-33-21)12-1-2-14(19-13(12)3-4-34-19)20(31)29-11-8-35(32)9-11;/h1-2,5-6,11H,3-4,7-9H2,(H,29,31);1H2. The van der Waals surface area contributed by atoms with Crippen molar-refractivity contribution < 1.29 is 36.9 Å². The maximum absolute atomic E-state index is 14.3. The molecule has 0 radical (unpaired) electrons. The lowest BCUT2D eigenvalue weighted by molar-refractivity contribution is -0.275. The topological polar surface area (TPSA) is 99.3 Å². The molecule has 194 valence electrons. The summed E-state index contributed by atoms with van der Waals surface area (Å²) in [6.45, 7) is 0. The first-order valence-corrected chi connectivity index (χ1v) is 13.6. The predicted octanol–water partition coefficient (Wildman–Crippen LogP) is 4.40. The third kappa shape index (κ3) is 4.51. The monoisotopic (exact) mass is 584 g/mol. The minimum atomic E-state index is -4.91. The van der Waals surface area contributed by atoms with Gasteiger partial charge in [0.05, 0.1) is 27.4 Å². The van der Waals surface area contributed by atoms with Crippen molar-refractivity contribution in [1.82, 2.24) is 5.32 Å². The molecular formula is C22H18Cl2F4N2O4S2. The minimum Gasteiger partial charge on any atom is -0.412 e. The number of oxime groups is 1. The number of rotatable bonds is 4. The van der Waals surface area contributed by atoms with Crippen LogP contribution in [0.2, 0.25) is 10.0 Å². The van der Waals surface area contributed by atoms with E-state index in [2.05, 4.69) is 10.5 Å². The van der Waals surface area contributed by atoms with Crippen LogP contribution in [0.3, 0.4) is 0 Å². The van der Waals surface area contributed by atoms with Gasteiger partial charge in [0.15, 0.2) is 5.82 Å². The summed E-state index contributed by atoms with van der Waals surface area (Å²) in [6, 6.07) is 4.66. The molecule has 14 heteroatoms. The van der Waals surface area contributed by atoms with Gasteiger partial charge >= 0.3 is 6.18 Å². The van der Waals surface area contributed by atoms with Crippen LogP contribution in [0.25, 0.3) is 0 Å². The smallest absolute Gasteiger partial charge is 0.412 e. The number of carbonyl (C=O) groups is 1. The number of thioether (sulfide) groups is 1. The largest absolute Gasteiger partial charge is 0.435 e. The highest BCUT2D eigenvalue weighted by Crippen LogP contribution is 2.51. The Balaban J connectivity index is 0.00000304. The first kappa shape index (κ1) is 27.2. The molecule has 5 rings (SSSR count). The SMILES string of the molecule is O.O=C(NC1CS(=O)C1)c1ccc(C2=NOC(c3cc(Cl)c(F)c(Cl)c3)(C(F)(F)F)C2)c2c1SCC2. The van der Waals surface area contributed by atoms with Crippen molar-refractivity contribution in [3.8, 4) is 0 Å². The van der Waals surface area contributed by atoms with Gasteiger partial charge < -0.3 is 15.6 Å². The van der Waals surface area contributed by atoms with E-state index in [9.17, 15) is 26.6 Å². The normalized spacial score (nSPS) is 24.8. The van der Waals surface area contributed by atoms with Gasteiger partial charge in [0.1, 0.15) is 0 Å². The van der Waals surface area contributed by atoms with Crippen LogP contribution in [-0.4, -0.2) is 50.8 Å². The van der Waals surface area contributed by atoms with E-state index in [4.69, 9.17) is 28.0 Å². The zero-order chi connectivity index (χ0) is 25.1. The molecule has 3 heterocycles. The molecule has 0 spiro atoms. The summed E-state index contributed by atoms with van der Waals surface area (Å²) < 4.78 is 68.2. The Morgan fingerprint density at radius 3 is 2.50 bits per heavy atom. The van der Waals surface area contributed by atoms with Gasteiger partial charge in [-0.05, 0) is 30.2 Å². The van der Waals surface area contributed by atoms with Crippen molar-refractivity contribution in [3.05, 3.63) is 62.4 Å². The molecule has 3 aliphatic heterocycles. The van der Waals surface area contributed by atoms with E-state index in [1.807, 2.05) is 0 Å². The third-order valence-corrected chi connectivity index (χ3v) is 9.42. The number of halogens is 6. The number of nitrogens with one attached hydrogen (secondary N) is 1.